The van der Waals surface area contributed by atoms with E-state index in [2.05, 4.69) is 12.2 Å². The second kappa shape index (κ2) is 6.87. The fourth-order valence-corrected chi connectivity index (χ4v) is 2.22. The molecule has 0 saturated carbocycles. The number of hydrogen-bond acceptors (Lipinski definition) is 1. The van der Waals surface area contributed by atoms with E-state index in [1.54, 1.807) is 0 Å². The van der Waals surface area contributed by atoms with Gasteiger partial charge in [-0.3, -0.25) is 4.79 Å². The maximum Gasteiger partial charge on any atom is 0.225 e. The van der Waals surface area contributed by atoms with E-state index in [4.69, 9.17) is 23.2 Å². The Hall–Kier alpha value is -0.730. The molecule has 0 aliphatic rings. The third-order valence-corrected chi connectivity index (χ3v) is 3.21. The van der Waals surface area contributed by atoms with Crippen LogP contribution >= 0.6 is 23.2 Å². The van der Waals surface area contributed by atoms with Crippen LogP contribution in [0.3, 0.4) is 0 Å². The van der Waals surface area contributed by atoms with Gasteiger partial charge in [-0.15, -0.1) is 11.6 Å². The number of aryl methyl sites for hydroxylation is 1. The minimum Gasteiger partial charge on any atom is -0.325 e. The lowest BCUT2D eigenvalue weighted by molar-refractivity contribution is -0.115. The van der Waals surface area contributed by atoms with Crippen LogP contribution in [-0.4, -0.2) is 11.8 Å². The molecule has 0 saturated heterocycles. The molecule has 0 atom stereocenters. The van der Waals surface area contributed by atoms with Crippen LogP contribution in [0, 0.1) is 0 Å². The SMILES string of the molecule is CCc1ccc(Cl)c(CC)c1NC(=O)CCCl. The molecule has 0 unspecified atom stereocenters. The number of amides is 1. The van der Waals surface area contributed by atoms with Crippen molar-refractivity contribution < 1.29 is 4.79 Å². The van der Waals surface area contributed by atoms with Crippen LogP contribution in [0.5, 0.6) is 0 Å². The molecule has 4 heteroatoms. The van der Waals surface area contributed by atoms with E-state index in [0.29, 0.717) is 17.3 Å². The van der Waals surface area contributed by atoms with Crippen molar-refractivity contribution in [3.8, 4) is 0 Å². The van der Waals surface area contributed by atoms with Crippen molar-refractivity contribution in [3.63, 3.8) is 0 Å². The molecular weight excluding hydrogens is 257 g/mol. The summed E-state index contributed by atoms with van der Waals surface area (Å²) in [6.45, 7) is 4.08. The van der Waals surface area contributed by atoms with E-state index in [1.807, 2.05) is 19.1 Å². The number of carbonyl (C=O) groups is 1. The Balaban J connectivity index is 3.09. The molecule has 0 aliphatic heterocycles. The van der Waals surface area contributed by atoms with E-state index >= 15 is 0 Å². The van der Waals surface area contributed by atoms with Gasteiger partial charge in [0.1, 0.15) is 0 Å². The summed E-state index contributed by atoms with van der Waals surface area (Å²) in [5.74, 6) is 0.265. The summed E-state index contributed by atoms with van der Waals surface area (Å²) in [4.78, 5) is 11.6. The highest BCUT2D eigenvalue weighted by Crippen LogP contribution is 2.29. The molecule has 1 rings (SSSR count). The lowest BCUT2D eigenvalue weighted by Gasteiger charge is -2.15. The van der Waals surface area contributed by atoms with Gasteiger partial charge in [-0.1, -0.05) is 31.5 Å². The van der Waals surface area contributed by atoms with Crippen molar-refractivity contribution in [1.29, 1.82) is 0 Å². The number of hydrogen-bond donors (Lipinski definition) is 1. The highest BCUT2D eigenvalue weighted by molar-refractivity contribution is 6.32. The second-order valence-electron chi connectivity index (χ2n) is 3.75. The highest BCUT2D eigenvalue weighted by Gasteiger charge is 2.12. The van der Waals surface area contributed by atoms with Gasteiger partial charge in [-0.25, -0.2) is 0 Å². The molecule has 2 nitrogen and oxygen atoms in total. The first-order valence-electron chi connectivity index (χ1n) is 5.80. The Morgan fingerprint density at radius 1 is 1.29 bits per heavy atom. The smallest absolute Gasteiger partial charge is 0.225 e. The predicted molar refractivity (Wildman–Crippen MR) is 74.2 cm³/mol. The van der Waals surface area contributed by atoms with E-state index in [1.165, 1.54) is 0 Å². The van der Waals surface area contributed by atoms with Crippen molar-refractivity contribution >= 4 is 34.8 Å². The predicted octanol–water partition coefficient (Wildman–Crippen LogP) is 4.03. The summed E-state index contributed by atoms with van der Waals surface area (Å²) in [5, 5.41) is 3.61. The zero-order chi connectivity index (χ0) is 12.8. The number of halogens is 2. The van der Waals surface area contributed by atoms with Gasteiger partial charge >= 0.3 is 0 Å². The number of anilines is 1. The van der Waals surface area contributed by atoms with Gasteiger partial charge in [0, 0.05) is 23.0 Å². The van der Waals surface area contributed by atoms with Gasteiger partial charge in [-0.05, 0) is 30.0 Å². The van der Waals surface area contributed by atoms with Crippen LogP contribution in [0.4, 0.5) is 5.69 Å². The zero-order valence-electron chi connectivity index (χ0n) is 10.1. The summed E-state index contributed by atoms with van der Waals surface area (Å²) in [7, 11) is 0. The van der Waals surface area contributed by atoms with Crippen LogP contribution in [0.25, 0.3) is 0 Å². The van der Waals surface area contributed by atoms with Gasteiger partial charge < -0.3 is 5.32 Å². The molecule has 0 radical (unpaired) electrons. The largest absolute Gasteiger partial charge is 0.325 e. The van der Waals surface area contributed by atoms with Crippen molar-refractivity contribution in [2.45, 2.75) is 33.1 Å². The van der Waals surface area contributed by atoms with Gasteiger partial charge in [0.2, 0.25) is 5.91 Å². The number of alkyl halides is 1. The molecule has 0 bridgehead atoms. The Morgan fingerprint density at radius 2 is 2.00 bits per heavy atom. The summed E-state index contributed by atoms with van der Waals surface area (Å²) >= 11 is 11.7. The molecule has 0 heterocycles. The lowest BCUT2D eigenvalue weighted by atomic mass is 10.0. The standard InChI is InChI=1S/C13H17Cl2NO/c1-3-9-5-6-11(15)10(4-2)13(9)16-12(17)7-8-14/h5-6H,3-4,7-8H2,1-2H3,(H,16,17). The van der Waals surface area contributed by atoms with Gasteiger partial charge in [0.05, 0.1) is 0 Å². The van der Waals surface area contributed by atoms with Crippen LogP contribution in [0.15, 0.2) is 12.1 Å². The zero-order valence-corrected chi connectivity index (χ0v) is 11.7. The van der Waals surface area contributed by atoms with E-state index in [-0.39, 0.29) is 5.91 Å². The van der Waals surface area contributed by atoms with Crippen LogP contribution in [-0.2, 0) is 17.6 Å². The Bertz CT molecular complexity index is 405. The van der Waals surface area contributed by atoms with Crippen LogP contribution in [0.1, 0.15) is 31.4 Å². The van der Waals surface area contributed by atoms with Gasteiger partial charge in [0.25, 0.3) is 0 Å². The van der Waals surface area contributed by atoms with Crippen LogP contribution < -0.4 is 5.32 Å². The number of rotatable bonds is 5. The molecule has 0 spiro atoms. The first kappa shape index (κ1) is 14.3. The van der Waals surface area contributed by atoms with E-state index < -0.39 is 0 Å². The van der Waals surface area contributed by atoms with Gasteiger partial charge in [0.15, 0.2) is 0 Å². The monoisotopic (exact) mass is 273 g/mol. The number of benzene rings is 1. The van der Waals surface area contributed by atoms with E-state index in [0.717, 1.165) is 29.7 Å². The minimum atomic E-state index is -0.0633. The molecule has 1 amide bonds. The summed E-state index contributed by atoms with van der Waals surface area (Å²) in [6, 6.07) is 3.84. The molecule has 1 N–H and O–H groups in total. The average Bonchev–Trinajstić information content (AvgIpc) is 2.30. The summed E-state index contributed by atoms with van der Waals surface area (Å²) in [5.41, 5.74) is 2.96. The van der Waals surface area contributed by atoms with E-state index in [9.17, 15) is 4.79 Å². The number of nitrogens with one attached hydrogen (secondary N) is 1. The minimum absolute atomic E-state index is 0.0633. The van der Waals surface area contributed by atoms with Crippen molar-refractivity contribution in [2.24, 2.45) is 0 Å². The topological polar surface area (TPSA) is 29.1 Å². The van der Waals surface area contributed by atoms with Crippen LogP contribution in [0.2, 0.25) is 5.02 Å². The third kappa shape index (κ3) is 3.62. The van der Waals surface area contributed by atoms with Crippen molar-refractivity contribution in [1.82, 2.24) is 0 Å². The lowest BCUT2D eigenvalue weighted by Crippen LogP contribution is -2.15. The second-order valence-corrected chi connectivity index (χ2v) is 4.54. The maximum atomic E-state index is 11.6. The number of carbonyl (C=O) groups excluding carboxylic acids is 1. The molecule has 0 fully saturated rings. The fourth-order valence-electron chi connectivity index (χ4n) is 1.75. The van der Waals surface area contributed by atoms with Crippen molar-refractivity contribution in [2.75, 3.05) is 11.2 Å². The molecular formula is C13H17Cl2NO. The Labute approximate surface area is 112 Å². The molecule has 0 aromatic heterocycles. The normalized spacial score (nSPS) is 10.4. The first-order valence-corrected chi connectivity index (χ1v) is 6.71. The summed E-state index contributed by atoms with van der Waals surface area (Å²) < 4.78 is 0. The maximum absolute atomic E-state index is 11.6. The van der Waals surface area contributed by atoms with Crippen molar-refractivity contribution in [3.05, 3.63) is 28.3 Å². The fraction of sp³-hybridized carbons (Fsp3) is 0.462. The molecule has 1 aromatic rings. The molecule has 1 aromatic carbocycles. The highest BCUT2D eigenvalue weighted by atomic mass is 35.5. The first-order chi connectivity index (χ1) is 8.13. The molecule has 17 heavy (non-hydrogen) atoms. The average molecular weight is 274 g/mol. The summed E-state index contributed by atoms with van der Waals surface area (Å²) in [6.07, 6.45) is 1.98. The molecule has 0 aliphatic carbocycles. The third-order valence-electron chi connectivity index (χ3n) is 2.66. The quantitative estimate of drug-likeness (QED) is 0.807. The Morgan fingerprint density at radius 3 is 2.53 bits per heavy atom. The Kier molecular flexibility index (Phi) is 5.79. The molecule has 94 valence electrons. The van der Waals surface area contributed by atoms with Gasteiger partial charge in [-0.2, -0.15) is 0 Å².